The number of hydrogen-bond donors (Lipinski definition) is 5. The zero-order valence-electron chi connectivity index (χ0n) is 21.3. The van der Waals surface area contributed by atoms with Gasteiger partial charge < -0.3 is 26.0 Å². The molecule has 4 aromatic rings. The van der Waals surface area contributed by atoms with Gasteiger partial charge in [0.1, 0.15) is 21.9 Å². The van der Waals surface area contributed by atoms with E-state index in [2.05, 4.69) is 53.7 Å². The van der Waals surface area contributed by atoms with Gasteiger partial charge in [-0.1, -0.05) is 29.8 Å². The zero-order valence-corrected chi connectivity index (χ0v) is 22.1. The number of benzene rings is 1. The molecule has 194 valence electrons. The predicted molar refractivity (Wildman–Crippen MR) is 146 cm³/mol. The lowest BCUT2D eigenvalue weighted by molar-refractivity contribution is -0.0647. The van der Waals surface area contributed by atoms with Gasteiger partial charge in [-0.25, -0.2) is 9.97 Å². The lowest BCUT2D eigenvalue weighted by Gasteiger charge is -2.30. The first-order valence-electron chi connectivity index (χ1n) is 12.4. The van der Waals surface area contributed by atoms with Crippen LogP contribution in [0, 0.1) is 19.8 Å². The summed E-state index contributed by atoms with van der Waals surface area (Å²) < 4.78 is 0.995. The van der Waals surface area contributed by atoms with E-state index >= 15 is 0 Å². The molecule has 5 atom stereocenters. The van der Waals surface area contributed by atoms with Crippen molar-refractivity contribution in [3.8, 4) is 10.6 Å². The van der Waals surface area contributed by atoms with Gasteiger partial charge in [-0.05, 0) is 45.7 Å². The van der Waals surface area contributed by atoms with Crippen LogP contribution in [-0.4, -0.2) is 59.6 Å². The van der Waals surface area contributed by atoms with Crippen molar-refractivity contribution in [1.82, 2.24) is 19.9 Å². The molecule has 9 nitrogen and oxygen atoms in total. The number of aromatic nitrogens is 4. The fourth-order valence-corrected chi connectivity index (χ4v) is 5.95. The van der Waals surface area contributed by atoms with Crippen LogP contribution < -0.4 is 10.6 Å². The van der Waals surface area contributed by atoms with Gasteiger partial charge in [0.25, 0.3) is 0 Å². The Morgan fingerprint density at radius 1 is 1.14 bits per heavy atom. The van der Waals surface area contributed by atoms with Crippen LogP contribution in [0.15, 0.2) is 42.7 Å². The summed E-state index contributed by atoms with van der Waals surface area (Å²) in [5, 5.41) is 39.0. The van der Waals surface area contributed by atoms with E-state index in [0.29, 0.717) is 18.2 Å². The lowest BCUT2D eigenvalue weighted by Crippen LogP contribution is -2.48. The Labute approximate surface area is 219 Å². The molecule has 0 amide bonds. The first kappa shape index (κ1) is 25.5. The second-order valence-corrected chi connectivity index (χ2v) is 11.1. The van der Waals surface area contributed by atoms with Crippen LogP contribution in [0.2, 0.25) is 0 Å². The second kappa shape index (κ2) is 9.94. The molecule has 1 fully saturated rings. The van der Waals surface area contributed by atoms with Gasteiger partial charge in [0, 0.05) is 18.7 Å². The van der Waals surface area contributed by atoms with Crippen LogP contribution in [0.3, 0.4) is 0 Å². The number of hydrogen-bond acceptors (Lipinski definition) is 10. The molecule has 10 heteroatoms. The van der Waals surface area contributed by atoms with Crippen molar-refractivity contribution < 1.29 is 15.3 Å². The van der Waals surface area contributed by atoms with E-state index in [-0.39, 0.29) is 12.6 Å². The van der Waals surface area contributed by atoms with Gasteiger partial charge in [0.05, 0.1) is 40.3 Å². The Bertz CT molecular complexity index is 1370. The van der Waals surface area contributed by atoms with Gasteiger partial charge >= 0.3 is 0 Å². The van der Waals surface area contributed by atoms with Gasteiger partial charge in [-0.3, -0.25) is 4.98 Å². The lowest BCUT2D eigenvalue weighted by atomic mass is 9.96. The highest BCUT2D eigenvalue weighted by Gasteiger charge is 2.50. The number of rotatable bonds is 7. The number of fused-ring (bicyclic) bond motifs is 1. The Hall–Kier alpha value is -3.18. The second-order valence-electron chi connectivity index (χ2n) is 10.0. The molecule has 0 spiro atoms. The zero-order chi connectivity index (χ0) is 26.3. The molecular weight excluding hydrogens is 488 g/mol. The molecule has 0 aliphatic heterocycles. The minimum absolute atomic E-state index is 0.0394. The SMILES string of the molecule is Cc1ccc(C(C)Nc2nc(C)c(-c3nc4cnccc4s3)c(NC3CC(CO)C(O)C3(C)O)n2)cc1. The quantitative estimate of drug-likeness (QED) is 0.246. The molecule has 3 aromatic heterocycles. The van der Waals surface area contributed by atoms with Crippen molar-refractivity contribution >= 4 is 33.3 Å². The summed E-state index contributed by atoms with van der Waals surface area (Å²) in [5.41, 5.74) is 3.08. The molecule has 1 aliphatic rings. The fourth-order valence-electron chi connectivity index (χ4n) is 4.92. The summed E-state index contributed by atoms with van der Waals surface area (Å²) in [6, 6.07) is 9.64. The average Bonchev–Trinajstić information content (AvgIpc) is 3.38. The molecular formula is C27H32N6O3S. The molecule has 0 bridgehead atoms. The van der Waals surface area contributed by atoms with Gasteiger partial charge in [0.15, 0.2) is 0 Å². The van der Waals surface area contributed by atoms with Crippen LogP contribution in [0.5, 0.6) is 0 Å². The Kier molecular flexibility index (Phi) is 6.84. The van der Waals surface area contributed by atoms with Crippen molar-refractivity contribution in [3.05, 3.63) is 59.5 Å². The number of nitrogens with one attached hydrogen (secondary N) is 2. The number of aryl methyl sites for hydroxylation is 2. The summed E-state index contributed by atoms with van der Waals surface area (Å²) >= 11 is 1.52. The highest BCUT2D eigenvalue weighted by molar-refractivity contribution is 7.21. The van der Waals surface area contributed by atoms with Crippen LogP contribution in [-0.2, 0) is 0 Å². The summed E-state index contributed by atoms with van der Waals surface area (Å²) in [6.07, 6.45) is 2.79. The Morgan fingerprint density at radius 3 is 2.57 bits per heavy atom. The standard InChI is InChI=1S/C27H32N6O3S/c1-14-5-7-17(8-6-14)15(2)29-26-30-16(3)22(25-31-19-12-28-10-9-20(19)37-25)24(33-26)32-21-11-18(13-34)23(35)27(21,4)36/h5-10,12,15,18,21,23,34-36H,11,13H2,1-4H3,(H2,29,30,32,33). The predicted octanol–water partition coefficient (Wildman–Crippen LogP) is 3.84. The first-order valence-corrected chi connectivity index (χ1v) is 13.2. The third-order valence-corrected chi connectivity index (χ3v) is 8.31. The van der Waals surface area contributed by atoms with E-state index in [0.717, 1.165) is 32.0 Å². The molecule has 5 rings (SSSR count). The summed E-state index contributed by atoms with van der Waals surface area (Å²) in [4.78, 5) is 18.5. The van der Waals surface area contributed by atoms with Crippen LogP contribution in [0.25, 0.3) is 20.8 Å². The Morgan fingerprint density at radius 2 is 1.89 bits per heavy atom. The normalized spacial score (nSPS) is 24.4. The molecule has 1 aromatic carbocycles. The molecule has 1 saturated carbocycles. The van der Waals surface area contributed by atoms with Crippen molar-refractivity contribution in [2.75, 3.05) is 17.2 Å². The first-order chi connectivity index (χ1) is 17.7. The molecule has 0 saturated heterocycles. The van der Waals surface area contributed by atoms with E-state index < -0.39 is 23.7 Å². The van der Waals surface area contributed by atoms with E-state index in [9.17, 15) is 15.3 Å². The minimum Gasteiger partial charge on any atom is -0.396 e. The van der Waals surface area contributed by atoms with Gasteiger partial charge in [0.2, 0.25) is 5.95 Å². The number of nitrogens with zero attached hydrogens (tertiary/aromatic N) is 4. The third kappa shape index (κ3) is 4.89. The number of thiazole rings is 1. The van der Waals surface area contributed by atoms with Crippen molar-refractivity contribution in [2.45, 2.75) is 57.9 Å². The monoisotopic (exact) mass is 520 g/mol. The maximum absolute atomic E-state index is 11.1. The number of aliphatic hydroxyl groups is 3. The van der Waals surface area contributed by atoms with E-state index in [1.807, 2.05) is 13.0 Å². The molecule has 3 heterocycles. The topological polar surface area (TPSA) is 136 Å². The number of anilines is 2. The molecule has 5 N–H and O–H groups in total. The minimum atomic E-state index is -1.45. The molecule has 1 aliphatic carbocycles. The highest BCUT2D eigenvalue weighted by Crippen LogP contribution is 2.40. The highest BCUT2D eigenvalue weighted by atomic mass is 32.1. The molecule has 5 unspecified atom stereocenters. The van der Waals surface area contributed by atoms with E-state index in [4.69, 9.17) is 15.0 Å². The summed E-state index contributed by atoms with van der Waals surface area (Å²) in [6.45, 7) is 7.39. The van der Waals surface area contributed by atoms with Crippen LogP contribution >= 0.6 is 11.3 Å². The third-order valence-electron chi connectivity index (χ3n) is 7.25. The number of aliphatic hydroxyl groups excluding tert-OH is 2. The number of pyridine rings is 1. The smallest absolute Gasteiger partial charge is 0.225 e. The largest absolute Gasteiger partial charge is 0.396 e. The fraction of sp³-hybridized carbons (Fsp3) is 0.407. The summed E-state index contributed by atoms with van der Waals surface area (Å²) in [5.74, 6) is 0.511. The Balaban J connectivity index is 1.55. The van der Waals surface area contributed by atoms with E-state index in [1.54, 1.807) is 19.3 Å². The molecule has 0 radical (unpaired) electrons. The van der Waals surface area contributed by atoms with Gasteiger partial charge in [-0.2, -0.15) is 4.98 Å². The van der Waals surface area contributed by atoms with Crippen LogP contribution in [0.1, 0.15) is 43.1 Å². The molecule has 37 heavy (non-hydrogen) atoms. The summed E-state index contributed by atoms with van der Waals surface area (Å²) in [7, 11) is 0. The maximum atomic E-state index is 11.1. The van der Waals surface area contributed by atoms with Crippen LogP contribution in [0.4, 0.5) is 11.8 Å². The van der Waals surface area contributed by atoms with E-state index in [1.165, 1.54) is 16.9 Å². The average molecular weight is 521 g/mol. The van der Waals surface area contributed by atoms with Crippen molar-refractivity contribution in [3.63, 3.8) is 0 Å². The van der Waals surface area contributed by atoms with Gasteiger partial charge in [-0.15, -0.1) is 11.3 Å². The van der Waals surface area contributed by atoms with Crippen molar-refractivity contribution in [1.29, 1.82) is 0 Å². The van der Waals surface area contributed by atoms with Crippen molar-refractivity contribution in [2.24, 2.45) is 5.92 Å². The maximum Gasteiger partial charge on any atom is 0.225 e.